The zero-order chi connectivity index (χ0) is 17.2. The summed E-state index contributed by atoms with van der Waals surface area (Å²) in [5.74, 6) is -1.51. The van der Waals surface area contributed by atoms with Crippen LogP contribution in [-0.4, -0.2) is 44.4 Å². The molecule has 1 fully saturated rings. The molecule has 3 N–H and O–H groups in total. The molecule has 1 aliphatic rings. The Morgan fingerprint density at radius 2 is 2.04 bits per heavy atom. The minimum Gasteiger partial charge on any atom is -0.452 e. The molecule has 10 heteroatoms. The summed E-state index contributed by atoms with van der Waals surface area (Å²) in [6.45, 7) is -0.557. The highest BCUT2D eigenvalue weighted by Gasteiger charge is 2.29. The highest BCUT2D eigenvalue weighted by molar-refractivity contribution is 7.91. The number of sulfone groups is 1. The Balaban J connectivity index is 1.91. The number of carbonyl (C=O) groups excluding carboxylic acids is 2. The number of hydrogen-bond acceptors (Lipinski definition) is 6. The maximum absolute atomic E-state index is 11.9. The van der Waals surface area contributed by atoms with E-state index in [4.69, 9.17) is 33.7 Å². The summed E-state index contributed by atoms with van der Waals surface area (Å²) in [5.41, 5.74) is 5.62. The van der Waals surface area contributed by atoms with E-state index in [0.717, 1.165) is 0 Å². The zero-order valence-electron chi connectivity index (χ0n) is 11.8. The van der Waals surface area contributed by atoms with Crippen LogP contribution in [0.3, 0.4) is 0 Å². The van der Waals surface area contributed by atoms with Crippen molar-refractivity contribution in [3.05, 3.63) is 27.7 Å². The van der Waals surface area contributed by atoms with Crippen LogP contribution in [0.2, 0.25) is 10.0 Å². The molecule has 23 heavy (non-hydrogen) atoms. The van der Waals surface area contributed by atoms with Gasteiger partial charge in [0, 0.05) is 11.1 Å². The molecule has 0 aromatic heterocycles. The van der Waals surface area contributed by atoms with Crippen molar-refractivity contribution in [3.8, 4) is 0 Å². The molecule has 7 nitrogen and oxygen atoms in total. The van der Waals surface area contributed by atoms with Gasteiger partial charge in [-0.25, -0.2) is 13.2 Å². The van der Waals surface area contributed by atoms with Gasteiger partial charge >= 0.3 is 5.97 Å². The third-order valence-electron chi connectivity index (χ3n) is 3.25. The molecule has 1 aliphatic heterocycles. The largest absolute Gasteiger partial charge is 0.452 e. The standard InChI is InChI=1S/C13H14Cl2N2O5S/c14-7-3-9(12(16)10(15)4-7)13(19)22-5-11(18)17-8-1-2-23(20,21)6-8/h3-4,8H,1-2,5-6,16H2,(H,17,18). The Hall–Kier alpha value is -1.51. The maximum Gasteiger partial charge on any atom is 0.340 e. The first-order valence-corrected chi connectivity index (χ1v) is 9.17. The van der Waals surface area contributed by atoms with Crippen LogP contribution < -0.4 is 11.1 Å². The molecule has 1 amide bonds. The van der Waals surface area contributed by atoms with Crippen molar-refractivity contribution < 1.29 is 22.7 Å². The van der Waals surface area contributed by atoms with Crippen LogP contribution >= 0.6 is 23.2 Å². The normalized spacial score (nSPS) is 19.3. The lowest BCUT2D eigenvalue weighted by atomic mass is 10.2. The molecule has 0 radical (unpaired) electrons. The van der Waals surface area contributed by atoms with E-state index < -0.39 is 34.4 Å². The number of nitrogen functional groups attached to an aromatic ring is 1. The molecule has 0 saturated carbocycles. The predicted octanol–water partition coefficient (Wildman–Crippen LogP) is 1.04. The van der Waals surface area contributed by atoms with Gasteiger partial charge in [0.05, 0.1) is 27.8 Å². The van der Waals surface area contributed by atoms with E-state index in [2.05, 4.69) is 5.32 Å². The summed E-state index contributed by atoms with van der Waals surface area (Å²) in [6.07, 6.45) is 0.346. The lowest BCUT2D eigenvalue weighted by molar-refractivity contribution is -0.124. The molecule has 1 unspecified atom stereocenters. The summed E-state index contributed by atoms with van der Waals surface area (Å²) < 4.78 is 27.4. The molecule has 2 rings (SSSR count). The van der Waals surface area contributed by atoms with Gasteiger partial charge in [0.2, 0.25) is 0 Å². The lowest BCUT2D eigenvalue weighted by Crippen LogP contribution is -2.38. The third-order valence-corrected chi connectivity index (χ3v) is 5.55. The molecular formula is C13H14Cl2N2O5S. The first-order chi connectivity index (χ1) is 10.7. The van der Waals surface area contributed by atoms with Crippen LogP contribution in [0.15, 0.2) is 12.1 Å². The second-order valence-corrected chi connectivity index (χ2v) is 8.16. The first-order valence-electron chi connectivity index (χ1n) is 6.59. The quantitative estimate of drug-likeness (QED) is 0.595. The molecule has 126 valence electrons. The van der Waals surface area contributed by atoms with Crippen molar-refractivity contribution in [2.45, 2.75) is 12.5 Å². The van der Waals surface area contributed by atoms with Gasteiger partial charge in [0.25, 0.3) is 5.91 Å². The highest BCUT2D eigenvalue weighted by atomic mass is 35.5. The second-order valence-electron chi connectivity index (χ2n) is 5.09. The van der Waals surface area contributed by atoms with Crippen molar-refractivity contribution in [2.24, 2.45) is 0 Å². The predicted molar refractivity (Wildman–Crippen MR) is 86.4 cm³/mol. The van der Waals surface area contributed by atoms with Crippen molar-refractivity contribution in [1.82, 2.24) is 5.32 Å². The van der Waals surface area contributed by atoms with Gasteiger partial charge in [-0.2, -0.15) is 0 Å². The number of hydrogen-bond donors (Lipinski definition) is 2. The van der Waals surface area contributed by atoms with Gasteiger partial charge < -0.3 is 15.8 Å². The summed E-state index contributed by atoms with van der Waals surface area (Å²) in [5, 5.41) is 2.81. The van der Waals surface area contributed by atoms with Crippen LogP contribution in [-0.2, 0) is 19.4 Å². The SMILES string of the molecule is Nc1c(Cl)cc(Cl)cc1C(=O)OCC(=O)NC1CCS(=O)(=O)C1. The number of ether oxygens (including phenoxy) is 1. The summed E-state index contributed by atoms with van der Waals surface area (Å²) in [7, 11) is -3.10. The number of esters is 1. The van der Waals surface area contributed by atoms with Crippen LogP contribution in [0.25, 0.3) is 0 Å². The molecule has 1 heterocycles. The number of amides is 1. The average Bonchev–Trinajstić information content (AvgIpc) is 2.79. The van der Waals surface area contributed by atoms with Crippen LogP contribution in [0.1, 0.15) is 16.8 Å². The molecule has 1 aromatic rings. The highest BCUT2D eigenvalue weighted by Crippen LogP contribution is 2.28. The number of halogens is 2. The first kappa shape index (κ1) is 17.8. The van der Waals surface area contributed by atoms with E-state index in [-0.39, 0.29) is 32.8 Å². The van der Waals surface area contributed by atoms with E-state index >= 15 is 0 Å². The molecule has 0 aliphatic carbocycles. The molecular weight excluding hydrogens is 367 g/mol. The smallest absolute Gasteiger partial charge is 0.340 e. The van der Waals surface area contributed by atoms with Crippen molar-refractivity contribution in [3.63, 3.8) is 0 Å². The molecule has 0 bridgehead atoms. The van der Waals surface area contributed by atoms with E-state index in [1.54, 1.807) is 0 Å². The summed E-state index contributed by atoms with van der Waals surface area (Å²) >= 11 is 11.6. The Labute approximate surface area is 143 Å². The minimum atomic E-state index is -3.10. The van der Waals surface area contributed by atoms with Gasteiger partial charge in [-0.1, -0.05) is 23.2 Å². The number of carbonyl (C=O) groups is 2. The maximum atomic E-state index is 11.9. The van der Waals surface area contributed by atoms with Gasteiger partial charge in [0.1, 0.15) is 0 Å². The fraction of sp³-hybridized carbons (Fsp3) is 0.385. The third kappa shape index (κ3) is 4.73. The van der Waals surface area contributed by atoms with E-state index in [1.807, 2.05) is 0 Å². The van der Waals surface area contributed by atoms with E-state index in [1.165, 1.54) is 12.1 Å². The Morgan fingerprint density at radius 1 is 1.35 bits per heavy atom. The Bertz CT molecular complexity index is 751. The molecule has 1 atom stereocenters. The number of nitrogens with two attached hydrogens (primary N) is 1. The minimum absolute atomic E-state index is 0.00311. The van der Waals surface area contributed by atoms with Gasteiger partial charge in [-0.3, -0.25) is 4.79 Å². The van der Waals surface area contributed by atoms with Crippen LogP contribution in [0.5, 0.6) is 0 Å². The Morgan fingerprint density at radius 3 is 2.65 bits per heavy atom. The molecule has 1 aromatic carbocycles. The van der Waals surface area contributed by atoms with Crippen molar-refractivity contribution in [1.29, 1.82) is 0 Å². The number of rotatable bonds is 4. The monoisotopic (exact) mass is 380 g/mol. The van der Waals surface area contributed by atoms with Crippen LogP contribution in [0.4, 0.5) is 5.69 Å². The molecule has 0 spiro atoms. The lowest BCUT2D eigenvalue weighted by Gasteiger charge is -2.12. The van der Waals surface area contributed by atoms with Gasteiger partial charge in [0.15, 0.2) is 16.4 Å². The number of benzene rings is 1. The van der Waals surface area contributed by atoms with Crippen LogP contribution in [0, 0.1) is 0 Å². The van der Waals surface area contributed by atoms with E-state index in [9.17, 15) is 18.0 Å². The number of anilines is 1. The summed E-state index contributed by atoms with van der Waals surface area (Å²) in [4.78, 5) is 23.6. The fourth-order valence-corrected chi connectivity index (χ4v) is 4.31. The Kier molecular flexibility index (Phi) is 5.38. The topological polar surface area (TPSA) is 116 Å². The van der Waals surface area contributed by atoms with Crippen molar-refractivity contribution in [2.75, 3.05) is 23.8 Å². The number of nitrogens with one attached hydrogen (secondary N) is 1. The average molecular weight is 381 g/mol. The molecule has 1 saturated heterocycles. The van der Waals surface area contributed by atoms with E-state index in [0.29, 0.717) is 6.42 Å². The second kappa shape index (κ2) is 6.94. The zero-order valence-corrected chi connectivity index (χ0v) is 14.2. The van der Waals surface area contributed by atoms with Crippen molar-refractivity contribution >= 4 is 50.6 Å². The summed E-state index contributed by atoms with van der Waals surface area (Å²) in [6, 6.07) is 2.20. The fourth-order valence-electron chi connectivity index (χ4n) is 2.14. The van der Waals surface area contributed by atoms with Gasteiger partial charge in [-0.05, 0) is 18.6 Å². The van der Waals surface area contributed by atoms with Gasteiger partial charge in [-0.15, -0.1) is 0 Å².